The van der Waals surface area contributed by atoms with Crippen LogP contribution >= 0.6 is 0 Å². The zero-order valence-corrected chi connectivity index (χ0v) is 16.0. The van der Waals surface area contributed by atoms with Gasteiger partial charge >= 0.3 is 5.76 Å². The number of aromatic amines is 1. The Bertz CT molecular complexity index is 1010. The SMILES string of the molecule is CCOc1cc(C(=O)Nc2cccc3oc(=O)[nH]c23)cc(OCC)c1OCC. The molecule has 0 saturated heterocycles. The van der Waals surface area contributed by atoms with Crippen LogP contribution < -0.4 is 25.3 Å². The first-order valence-corrected chi connectivity index (χ1v) is 9.06. The van der Waals surface area contributed by atoms with E-state index in [0.29, 0.717) is 59.4 Å². The van der Waals surface area contributed by atoms with Crippen molar-refractivity contribution in [2.45, 2.75) is 20.8 Å². The molecule has 28 heavy (non-hydrogen) atoms. The molecule has 0 radical (unpaired) electrons. The number of hydrogen-bond acceptors (Lipinski definition) is 6. The monoisotopic (exact) mass is 386 g/mol. The number of hydrogen-bond donors (Lipinski definition) is 2. The normalized spacial score (nSPS) is 10.7. The van der Waals surface area contributed by atoms with Gasteiger partial charge in [-0.15, -0.1) is 0 Å². The van der Waals surface area contributed by atoms with Crippen LogP contribution in [0.1, 0.15) is 31.1 Å². The zero-order valence-electron chi connectivity index (χ0n) is 16.0. The summed E-state index contributed by atoms with van der Waals surface area (Å²) in [5.74, 6) is 0.337. The number of carbonyl (C=O) groups is 1. The van der Waals surface area contributed by atoms with Gasteiger partial charge in [0.2, 0.25) is 5.75 Å². The van der Waals surface area contributed by atoms with E-state index in [2.05, 4.69) is 10.3 Å². The first-order chi connectivity index (χ1) is 13.6. The molecule has 0 atom stereocenters. The van der Waals surface area contributed by atoms with E-state index in [1.165, 1.54) is 0 Å². The number of rotatable bonds is 8. The van der Waals surface area contributed by atoms with Crippen molar-refractivity contribution in [2.75, 3.05) is 25.1 Å². The van der Waals surface area contributed by atoms with Gasteiger partial charge in [-0.1, -0.05) is 6.07 Å². The lowest BCUT2D eigenvalue weighted by Crippen LogP contribution is -2.14. The molecule has 1 aromatic heterocycles. The number of carbonyl (C=O) groups excluding carboxylic acids is 1. The Labute approximate surface area is 161 Å². The van der Waals surface area contributed by atoms with Gasteiger partial charge < -0.3 is 23.9 Å². The third-order valence-corrected chi connectivity index (χ3v) is 3.88. The minimum Gasteiger partial charge on any atom is -0.490 e. The molecule has 0 saturated carbocycles. The lowest BCUT2D eigenvalue weighted by Gasteiger charge is -2.17. The molecule has 0 spiro atoms. The first kappa shape index (κ1) is 19.3. The average Bonchev–Trinajstić information content (AvgIpc) is 3.05. The van der Waals surface area contributed by atoms with Crippen LogP contribution in [-0.2, 0) is 0 Å². The predicted molar refractivity (Wildman–Crippen MR) is 105 cm³/mol. The Morgan fingerprint density at radius 1 is 1.04 bits per heavy atom. The van der Waals surface area contributed by atoms with Crippen molar-refractivity contribution in [3.63, 3.8) is 0 Å². The summed E-state index contributed by atoms with van der Waals surface area (Å²) in [6.45, 7) is 6.80. The molecule has 148 valence electrons. The molecule has 3 aromatic rings. The minimum atomic E-state index is -0.588. The molecule has 0 bridgehead atoms. The predicted octanol–water partition coefficient (Wildman–Crippen LogP) is 3.57. The van der Waals surface area contributed by atoms with Crippen molar-refractivity contribution >= 4 is 22.7 Å². The molecular weight excluding hydrogens is 364 g/mol. The molecule has 1 heterocycles. The van der Waals surface area contributed by atoms with Crippen LogP contribution in [0, 0.1) is 0 Å². The average molecular weight is 386 g/mol. The Morgan fingerprint density at radius 2 is 1.68 bits per heavy atom. The van der Waals surface area contributed by atoms with Crippen molar-refractivity contribution in [3.05, 3.63) is 46.4 Å². The molecular formula is C20H22N2O6. The van der Waals surface area contributed by atoms with Crippen molar-refractivity contribution in [1.82, 2.24) is 4.98 Å². The molecule has 8 nitrogen and oxygen atoms in total. The molecule has 0 unspecified atom stereocenters. The summed E-state index contributed by atoms with van der Waals surface area (Å²) in [5, 5.41) is 2.78. The molecule has 3 rings (SSSR count). The van der Waals surface area contributed by atoms with Crippen molar-refractivity contribution in [2.24, 2.45) is 0 Å². The molecule has 0 aliphatic rings. The van der Waals surface area contributed by atoms with E-state index in [-0.39, 0.29) is 5.91 Å². The second-order valence-electron chi connectivity index (χ2n) is 5.75. The molecule has 0 aliphatic heterocycles. The first-order valence-electron chi connectivity index (χ1n) is 9.06. The van der Waals surface area contributed by atoms with E-state index < -0.39 is 5.76 Å². The summed E-state index contributed by atoms with van der Waals surface area (Å²) in [7, 11) is 0. The summed E-state index contributed by atoms with van der Waals surface area (Å²) in [5.41, 5.74) is 1.54. The maximum atomic E-state index is 12.9. The summed E-state index contributed by atoms with van der Waals surface area (Å²) in [4.78, 5) is 26.9. The standard InChI is InChI=1S/C20H22N2O6/c1-4-25-15-10-12(11-16(26-5-2)18(15)27-6-3)19(23)21-13-8-7-9-14-17(13)22-20(24)28-14/h7-11H,4-6H2,1-3H3,(H,21,23)(H,22,24). The number of H-pyrrole nitrogens is 1. The number of benzene rings is 2. The van der Waals surface area contributed by atoms with Crippen molar-refractivity contribution in [1.29, 1.82) is 0 Å². The van der Waals surface area contributed by atoms with Gasteiger partial charge in [0.1, 0.15) is 5.52 Å². The summed E-state index contributed by atoms with van der Waals surface area (Å²) >= 11 is 0. The van der Waals surface area contributed by atoms with Crippen molar-refractivity contribution in [3.8, 4) is 17.2 Å². The largest absolute Gasteiger partial charge is 0.490 e. The van der Waals surface area contributed by atoms with Crippen molar-refractivity contribution < 1.29 is 23.4 Å². The van der Waals surface area contributed by atoms with E-state index in [4.69, 9.17) is 18.6 Å². The highest BCUT2D eigenvalue weighted by Gasteiger charge is 2.19. The molecule has 0 aliphatic carbocycles. The zero-order chi connectivity index (χ0) is 20.1. The minimum absolute atomic E-state index is 0.332. The van der Waals surface area contributed by atoms with Crippen LogP contribution in [0.15, 0.2) is 39.5 Å². The smallest absolute Gasteiger partial charge is 0.417 e. The second kappa shape index (κ2) is 8.51. The van der Waals surface area contributed by atoms with Gasteiger partial charge in [0.25, 0.3) is 5.91 Å². The van der Waals surface area contributed by atoms with Crippen LogP contribution in [0.3, 0.4) is 0 Å². The highest BCUT2D eigenvalue weighted by Crippen LogP contribution is 2.39. The van der Waals surface area contributed by atoms with Gasteiger partial charge in [-0.2, -0.15) is 0 Å². The van der Waals surface area contributed by atoms with Gasteiger partial charge in [-0.3, -0.25) is 9.78 Å². The quantitative estimate of drug-likeness (QED) is 0.613. The fourth-order valence-corrected chi connectivity index (χ4v) is 2.79. The highest BCUT2D eigenvalue weighted by molar-refractivity contribution is 6.08. The third kappa shape index (κ3) is 3.95. The van der Waals surface area contributed by atoms with Gasteiger partial charge in [-0.05, 0) is 45.0 Å². The number of ether oxygens (including phenoxy) is 3. The van der Waals surface area contributed by atoms with Gasteiger partial charge in [0.05, 0.1) is 25.5 Å². The van der Waals surface area contributed by atoms with Crippen LogP contribution in [0.2, 0.25) is 0 Å². The summed E-state index contributed by atoms with van der Waals surface area (Å²) in [6.07, 6.45) is 0. The summed E-state index contributed by atoms with van der Waals surface area (Å²) < 4.78 is 22.0. The number of amides is 1. The Hall–Kier alpha value is -3.42. The maximum absolute atomic E-state index is 12.9. The fraction of sp³-hybridized carbons (Fsp3) is 0.300. The lowest BCUT2D eigenvalue weighted by atomic mass is 10.1. The topological polar surface area (TPSA) is 103 Å². The highest BCUT2D eigenvalue weighted by atomic mass is 16.5. The molecule has 1 amide bonds. The number of oxazole rings is 1. The summed E-state index contributed by atoms with van der Waals surface area (Å²) in [6, 6.07) is 8.20. The number of fused-ring (bicyclic) bond motifs is 1. The number of nitrogens with one attached hydrogen (secondary N) is 2. The molecule has 0 fully saturated rings. The lowest BCUT2D eigenvalue weighted by molar-refractivity contribution is 0.102. The van der Waals surface area contributed by atoms with E-state index in [1.54, 1.807) is 30.3 Å². The van der Waals surface area contributed by atoms with Gasteiger partial charge in [-0.25, -0.2) is 4.79 Å². The maximum Gasteiger partial charge on any atom is 0.417 e. The number of para-hydroxylation sites is 1. The van der Waals surface area contributed by atoms with E-state index >= 15 is 0 Å². The van der Waals surface area contributed by atoms with Crippen LogP contribution in [0.4, 0.5) is 5.69 Å². The number of aromatic nitrogens is 1. The molecule has 2 aromatic carbocycles. The number of anilines is 1. The Balaban J connectivity index is 1.99. The molecule has 8 heteroatoms. The van der Waals surface area contributed by atoms with Crippen LogP contribution in [0.5, 0.6) is 17.2 Å². The third-order valence-electron chi connectivity index (χ3n) is 3.88. The van der Waals surface area contributed by atoms with Crippen LogP contribution in [-0.4, -0.2) is 30.7 Å². The van der Waals surface area contributed by atoms with E-state index in [1.807, 2.05) is 20.8 Å². The second-order valence-corrected chi connectivity index (χ2v) is 5.75. The van der Waals surface area contributed by atoms with Gasteiger partial charge in [0.15, 0.2) is 17.1 Å². The van der Waals surface area contributed by atoms with E-state index in [0.717, 1.165) is 0 Å². The van der Waals surface area contributed by atoms with Crippen LogP contribution in [0.25, 0.3) is 11.1 Å². The van der Waals surface area contributed by atoms with E-state index in [9.17, 15) is 9.59 Å². The fourth-order valence-electron chi connectivity index (χ4n) is 2.79. The molecule has 2 N–H and O–H groups in total. The van der Waals surface area contributed by atoms with Gasteiger partial charge in [0, 0.05) is 5.56 Å². The Morgan fingerprint density at radius 3 is 2.29 bits per heavy atom. The Kier molecular flexibility index (Phi) is 5.88.